The fourth-order valence-electron chi connectivity index (χ4n) is 2.47. The number of nitrogens with zero attached hydrogens (tertiary/aromatic N) is 1. The maximum atomic E-state index is 12.7. The Kier molecular flexibility index (Phi) is 4.51. The monoisotopic (exact) mass is 321 g/mol. The Morgan fingerprint density at radius 1 is 1.00 bits per heavy atom. The van der Waals surface area contributed by atoms with Gasteiger partial charge in [-0.2, -0.15) is 0 Å². The fourth-order valence-corrected chi connectivity index (χ4v) is 4.31. The van der Waals surface area contributed by atoms with Gasteiger partial charge in [0.1, 0.15) is 10.6 Å². The van der Waals surface area contributed by atoms with Crippen molar-refractivity contribution in [2.24, 2.45) is 0 Å². The van der Waals surface area contributed by atoms with Crippen LogP contribution in [0.15, 0.2) is 34.9 Å². The molecule has 0 heterocycles. The quantitative estimate of drug-likeness (QED) is 0.830. The predicted molar refractivity (Wildman–Crippen MR) is 84.5 cm³/mol. The van der Waals surface area contributed by atoms with Crippen molar-refractivity contribution in [3.05, 3.63) is 46.0 Å². The Morgan fingerprint density at radius 2 is 1.55 bits per heavy atom. The van der Waals surface area contributed by atoms with Crippen molar-refractivity contribution < 1.29 is 18.0 Å². The SMILES string of the molecule is CCCCS(=O)(=O)C1=C(N(C)C)C(=O)c2ccccc2C1=O. The number of carbonyl (C=O) groups is 2. The van der Waals surface area contributed by atoms with E-state index in [1.54, 1.807) is 32.3 Å². The summed E-state index contributed by atoms with van der Waals surface area (Å²) in [5.41, 5.74) is 0.374. The van der Waals surface area contributed by atoms with Gasteiger partial charge in [0, 0.05) is 25.2 Å². The number of unbranched alkanes of at least 4 members (excludes halogenated alkanes) is 1. The van der Waals surface area contributed by atoms with Crippen LogP contribution in [0.3, 0.4) is 0 Å². The number of fused-ring (bicyclic) bond motifs is 1. The molecule has 0 N–H and O–H groups in total. The van der Waals surface area contributed by atoms with E-state index in [4.69, 9.17) is 0 Å². The molecule has 1 aliphatic carbocycles. The lowest BCUT2D eigenvalue weighted by atomic mass is 9.92. The van der Waals surface area contributed by atoms with Gasteiger partial charge >= 0.3 is 0 Å². The molecule has 0 unspecified atom stereocenters. The zero-order chi connectivity index (χ0) is 16.5. The van der Waals surface area contributed by atoms with Gasteiger partial charge in [-0.25, -0.2) is 8.42 Å². The van der Waals surface area contributed by atoms with E-state index in [0.717, 1.165) is 0 Å². The number of hydrogen-bond acceptors (Lipinski definition) is 5. The maximum Gasteiger partial charge on any atom is 0.211 e. The molecule has 5 nitrogen and oxygen atoms in total. The average molecular weight is 321 g/mol. The van der Waals surface area contributed by atoms with Crippen LogP contribution in [0.4, 0.5) is 0 Å². The molecule has 0 aromatic heterocycles. The molecule has 0 fully saturated rings. The minimum absolute atomic E-state index is 0.0418. The Bertz CT molecular complexity index is 760. The van der Waals surface area contributed by atoms with Crippen LogP contribution >= 0.6 is 0 Å². The van der Waals surface area contributed by atoms with Gasteiger partial charge in [-0.1, -0.05) is 37.6 Å². The summed E-state index contributed by atoms with van der Waals surface area (Å²) in [5, 5.41) is 0. The summed E-state index contributed by atoms with van der Waals surface area (Å²) in [7, 11) is -0.650. The van der Waals surface area contributed by atoms with Crippen LogP contribution in [0.2, 0.25) is 0 Å². The second-order valence-electron chi connectivity index (χ2n) is 5.45. The van der Waals surface area contributed by atoms with Gasteiger partial charge in [-0.15, -0.1) is 0 Å². The normalized spacial score (nSPS) is 15.0. The van der Waals surface area contributed by atoms with Gasteiger partial charge in [-0.3, -0.25) is 9.59 Å². The van der Waals surface area contributed by atoms with Crippen LogP contribution in [0.25, 0.3) is 0 Å². The molecule has 6 heteroatoms. The zero-order valence-electron chi connectivity index (χ0n) is 12.9. The van der Waals surface area contributed by atoms with E-state index in [-0.39, 0.29) is 27.5 Å². The first-order valence-electron chi connectivity index (χ1n) is 7.14. The van der Waals surface area contributed by atoms with Crippen molar-refractivity contribution in [1.29, 1.82) is 0 Å². The third-order valence-corrected chi connectivity index (χ3v) is 5.40. The summed E-state index contributed by atoms with van der Waals surface area (Å²) in [4.78, 5) is 26.3. The van der Waals surface area contributed by atoms with Crippen molar-refractivity contribution in [1.82, 2.24) is 4.90 Å². The Morgan fingerprint density at radius 3 is 2.05 bits per heavy atom. The summed E-state index contributed by atoms with van der Waals surface area (Å²) < 4.78 is 25.1. The Balaban J connectivity index is 2.69. The van der Waals surface area contributed by atoms with Crippen molar-refractivity contribution >= 4 is 21.4 Å². The number of sulfone groups is 1. The lowest BCUT2D eigenvalue weighted by Crippen LogP contribution is -2.33. The van der Waals surface area contributed by atoms with Gasteiger partial charge in [-0.05, 0) is 6.42 Å². The van der Waals surface area contributed by atoms with Crippen LogP contribution in [0.5, 0.6) is 0 Å². The van der Waals surface area contributed by atoms with E-state index in [9.17, 15) is 18.0 Å². The molecule has 2 rings (SSSR count). The van der Waals surface area contributed by atoms with Crippen LogP contribution in [-0.4, -0.2) is 44.7 Å². The molecule has 0 saturated heterocycles. The second kappa shape index (κ2) is 6.04. The topological polar surface area (TPSA) is 71.5 Å². The molecular weight excluding hydrogens is 302 g/mol. The molecule has 1 aromatic carbocycles. The molecule has 1 aliphatic rings. The van der Waals surface area contributed by atoms with Gasteiger partial charge in [0.2, 0.25) is 11.6 Å². The number of Topliss-reactive ketones (excluding diaryl/α,β-unsaturated/α-hetero) is 2. The van der Waals surface area contributed by atoms with Crippen LogP contribution < -0.4 is 0 Å². The second-order valence-corrected chi connectivity index (χ2v) is 7.49. The highest BCUT2D eigenvalue weighted by atomic mass is 32.2. The van der Waals surface area contributed by atoms with Crippen molar-refractivity contribution in [2.45, 2.75) is 19.8 Å². The fraction of sp³-hybridized carbons (Fsp3) is 0.375. The predicted octanol–water partition coefficient (Wildman–Crippen LogP) is 2.05. The molecule has 0 radical (unpaired) electrons. The first-order chi connectivity index (χ1) is 10.3. The minimum atomic E-state index is -3.80. The number of hydrogen-bond donors (Lipinski definition) is 0. The molecule has 118 valence electrons. The summed E-state index contributed by atoms with van der Waals surface area (Å²) >= 11 is 0. The summed E-state index contributed by atoms with van der Waals surface area (Å²) in [6.07, 6.45) is 1.15. The maximum absolute atomic E-state index is 12.7. The largest absolute Gasteiger partial charge is 0.373 e. The molecule has 0 aliphatic heterocycles. The average Bonchev–Trinajstić information content (AvgIpc) is 2.48. The van der Waals surface area contributed by atoms with Gasteiger partial charge in [0.15, 0.2) is 9.84 Å². The summed E-state index contributed by atoms with van der Waals surface area (Å²) in [6, 6.07) is 6.33. The van der Waals surface area contributed by atoms with Gasteiger partial charge < -0.3 is 4.90 Å². The molecule has 0 spiro atoms. The molecule has 0 saturated carbocycles. The number of carbonyl (C=O) groups excluding carboxylic acids is 2. The van der Waals surface area contributed by atoms with Crippen LogP contribution in [0.1, 0.15) is 40.5 Å². The van der Waals surface area contributed by atoms with E-state index < -0.39 is 21.4 Å². The Hall–Kier alpha value is -1.95. The molecule has 22 heavy (non-hydrogen) atoms. The number of ketones is 2. The van der Waals surface area contributed by atoms with E-state index in [1.165, 1.54) is 11.0 Å². The van der Waals surface area contributed by atoms with Crippen LogP contribution in [0, 0.1) is 0 Å². The van der Waals surface area contributed by atoms with Crippen molar-refractivity contribution in [3.8, 4) is 0 Å². The van der Waals surface area contributed by atoms with E-state index in [1.807, 2.05) is 6.92 Å². The summed E-state index contributed by atoms with van der Waals surface area (Å²) in [6.45, 7) is 1.87. The third kappa shape index (κ3) is 2.70. The van der Waals surface area contributed by atoms with Crippen molar-refractivity contribution in [2.75, 3.05) is 19.8 Å². The molecule has 0 amide bonds. The van der Waals surface area contributed by atoms with Gasteiger partial charge in [0.25, 0.3) is 0 Å². The molecule has 0 atom stereocenters. The molecule has 0 bridgehead atoms. The highest BCUT2D eigenvalue weighted by Gasteiger charge is 2.39. The molecule has 1 aromatic rings. The number of benzene rings is 1. The third-order valence-electron chi connectivity index (χ3n) is 3.58. The lowest BCUT2D eigenvalue weighted by Gasteiger charge is -2.25. The first kappa shape index (κ1) is 16.4. The van der Waals surface area contributed by atoms with E-state index >= 15 is 0 Å². The lowest BCUT2D eigenvalue weighted by molar-refractivity contribution is 0.0958. The van der Waals surface area contributed by atoms with Crippen molar-refractivity contribution in [3.63, 3.8) is 0 Å². The number of allylic oxidation sites excluding steroid dienone is 2. The highest BCUT2D eigenvalue weighted by Crippen LogP contribution is 2.31. The van der Waals surface area contributed by atoms with E-state index in [0.29, 0.717) is 12.8 Å². The first-order valence-corrected chi connectivity index (χ1v) is 8.79. The number of likely N-dealkylation sites (N-methyl/N-ethyl adjacent to an activating group) is 1. The zero-order valence-corrected chi connectivity index (χ0v) is 13.7. The molecular formula is C16H19NO4S. The number of rotatable bonds is 5. The Labute approximate surface area is 130 Å². The highest BCUT2D eigenvalue weighted by molar-refractivity contribution is 7.96. The van der Waals surface area contributed by atoms with Gasteiger partial charge in [0.05, 0.1) is 5.75 Å². The van der Waals surface area contributed by atoms with Crippen LogP contribution in [-0.2, 0) is 9.84 Å². The standard InChI is InChI=1S/C16H19NO4S/c1-4-5-10-22(20,21)16-13(17(2)3)14(18)11-8-6-7-9-12(11)15(16)19/h6-9H,4-5,10H2,1-3H3. The van der Waals surface area contributed by atoms with E-state index in [2.05, 4.69) is 0 Å². The summed E-state index contributed by atoms with van der Waals surface area (Å²) in [5.74, 6) is -1.14. The minimum Gasteiger partial charge on any atom is -0.373 e. The smallest absolute Gasteiger partial charge is 0.211 e.